The molecule has 0 atom stereocenters. The number of halogens is 11. The highest BCUT2D eigenvalue weighted by Gasteiger charge is 2.41. The second-order valence-electron chi connectivity index (χ2n) is 6.68. The lowest BCUT2D eigenvalue weighted by Crippen LogP contribution is -2.25. The molecule has 0 aromatic heterocycles. The second kappa shape index (κ2) is 8.89. The van der Waals surface area contributed by atoms with Crippen molar-refractivity contribution in [3.05, 3.63) is 98.9 Å². The molecule has 3 aromatic rings. The fourth-order valence-corrected chi connectivity index (χ4v) is 2.74. The molecule has 0 saturated carbocycles. The molecular formula is C22H7F11O. The molecule has 0 N–H and O–H groups in total. The van der Waals surface area contributed by atoms with Gasteiger partial charge in [0.1, 0.15) is 40.1 Å². The van der Waals surface area contributed by atoms with Gasteiger partial charge < -0.3 is 4.74 Å². The quantitative estimate of drug-likeness (QED) is 0.168. The van der Waals surface area contributed by atoms with Crippen molar-refractivity contribution in [1.82, 2.24) is 0 Å². The third-order valence-electron chi connectivity index (χ3n) is 4.26. The first-order chi connectivity index (χ1) is 15.7. The van der Waals surface area contributed by atoms with E-state index in [-0.39, 0.29) is 17.7 Å². The Morgan fingerprint density at radius 1 is 0.588 bits per heavy atom. The van der Waals surface area contributed by atoms with Gasteiger partial charge in [0.25, 0.3) is 0 Å². The van der Waals surface area contributed by atoms with E-state index in [0.717, 1.165) is 0 Å². The van der Waals surface area contributed by atoms with Gasteiger partial charge in [0.05, 0.1) is 5.56 Å². The summed E-state index contributed by atoms with van der Waals surface area (Å²) < 4.78 is 155. The normalized spacial score (nSPS) is 11.3. The van der Waals surface area contributed by atoms with Gasteiger partial charge in [-0.2, -0.15) is 8.78 Å². The van der Waals surface area contributed by atoms with Gasteiger partial charge in [-0.25, -0.2) is 39.5 Å². The molecule has 178 valence electrons. The van der Waals surface area contributed by atoms with Crippen LogP contribution < -0.4 is 4.74 Å². The second-order valence-corrected chi connectivity index (χ2v) is 6.68. The van der Waals surface area contributed by atoms with Gasteiger partial charge in [-0.1, -0.05) is 11.8 Å². The fourth-order valence-electron chi connectivity index (χ4n) is 2.74. The van der Waals surface area contributed by atoms with E-state index in [1.807, 2.05) is 0 Å². The van der Waals surface area contributed by atoms with E-state index in [1.165, 1.54) is 18.8 Å². The Labute approximate surface area is 183 Å². The van der Waals surface area contributed by atoms with Crippen LogP contribution in [0.15, 0.2) is 24.3 Å². The minimum absolute atomic E-state index is 0.0386. The van der Waals surface area contributed by atoms with Gasteiger partial charge in [0.2, 0.25) is 5.82 Å². The lowest BCUT2D eigenvalue weighted by Gasteiger charge is -2.20. The number of benzene rings is 3. The molecule has 12 heteroatoms. The van der Waals surface area contributed by atoms with E-state index in [0.29, 0.717) is 12.1 Å². The van der Waals surface area contributed by atoms with E-state index in [9.17, 15) is 48.3 Å². The highest BCUT2D eigenvalue weighted by atomic mass is 19.3. The number of hydrogen-bond acceptors (Lipinski definition) is 1. The molecular weight excluding hydrogens is 489 g/mol. The number of aryl methyl sites for hydroxylation is 1. The predicted octanol–water partition coefficient (Wildman–Crippen LogP) is 6.78. The molecule has 0 fully saturated rings. The van der Waals surface area contributed by atoms with Crippen LogP contribution in [0.1, 0.15) is 22.3 Å². The van der Waals surface area contributed by atoms with Crippen LogP contribution in [0.4, 0.5) is 48.3 Å². The summed E-state index contributed by atoms with van der Waals surface area (Å²) in [5.74, 6) is -17.2. The number of rotatable bonds is 3. The van der Waals surface area contributed by atoms with Crippen LogP contribution in [0, 0.1) is 71.1 Å². The van der Waals surface area contributed by atoms with E-state index in [4.69, 9.17) is 0 Å². The fraction of sp³-hybridized carbons (Fsp3) is 0.0909. The Morgan fingerprint density at radius 3 is 1.47 bits per heavy atom. The average Bonchev–Trinajstić information content (AvgIpc) is 2.71. The SMILES string of the molecule is Cc1cc(F)c(C(F)(F)Oc2cc(F)c(C#Cc3c(F)c(F)c(F)c(F)c3F)c(F)c2)c(F)c1. The Morgan fingerprint density at radius 2 is 1.00 bits per heavy atom. The summed E-state index contributed by atoms with van der Waals surface area (Å²) in [6.45, 7) is 1.21. The highest BCUT2D eigenvalue weighted by molar-refractivity contribution is 5.47. The van der Waals surface area contributed by atoms with Gasteiger partial charge in [-0.05, 0) is 24.6 Å². The van der Waals surface area contributed by atoms with E-state index < -0.39 is 80.9 Å². The first-order valence-corrected chi connectivity index (χ1v) is 8.80. The molecule has 0 unspecified atom stereocenters. The van der Waals surface area contributed by atoms with Crippen molar-refractivity contribution in [3.8, 4) is 17.6 Å². The lowest BCUT2D eigenvalue weighted by molar-refractivity contribution is -0.189. The summed E-state index contributed by atoms with van der Waals surface area (Å²) in [6.07, 6.45) is -4.73. The molecule has 0 amide bonds. The number of ether oxygens (including phenoxy) is 1. The molecule has 3 rings (SSSR count). The summed E-state index contributed by atoms with van der Waals surface area (Å²) in [4.78, 5) is 0. The topological polar surface area (TPSA) is 9.23 Å². The molecule has 1 nitrogen and oxygen atoms in total. The predicted molar refractivity (Wildman–Crippen MR) is 94.2 cm³/mol. The van der Waals surface area contributed by atoms with Crippen molar-refractivity contribution in [2.45, 2.75) is 13.0 Å². The van der Waals surface area contributed by atoms with Crippen molar-refractivity contribution in [2.24, 2.45) is 0 Å². The van der Waals surface area contributed by atoms with Crippen LogP contribution in [-0.2, 0) is 6.11 Å². The van der Waals surface area contributed by atoms with Gasteiger partial charge in [0.15, 0.2) is 23.3 Å². The summed E-state index contributed by atoms with van der Waals surface area (Å²) >= 11 is 0. The van der Waals surface area contributed by atoms with Crippen LogP contribution in [-0.4, -0.2) is 0 Å². The van der Waals surface area contributed by atoms with Gasteiger partial charge in [-0.15, -0.1) is 0 Å². The minimum Gasteiger partial charge on any atom is -0.429 e. The van der Waals surface area contributed by atoms with Crippen molar-refractivity contribution in [1.29, 1.82) is 0 Å². The molecule has 0 heterocycles. The molecule has 34 heavy (non-hydrogen) atoms. The van der Waals surface area contributed by atoms with Crippen molar-refractivity contribution >= 4 is 0 Å². The summed E-state index contributed by atoms with van der Waals surface area (Å²) in [5, 5.41) is 0. The van der Waals surface area contributed by atoms with Gasteiger partial charge in [0, 0.05) is 12.1 Å². The van der Waals surface area contributed by atoms with E-state index in [1.54, 1.807) is 0 Å². The minimum atomic E-state index is -4.73. The molecule has 3 aromatic carbocycles. The standard InChI is InChI=1S/C22H7F11O/c1-8-4-14(25)16(15(26)5-8)22(32,33)34-9-6-12(23)10(13(24)7-9)2-3-11-17(27)19(29)21(31)20(30)18(11)28/h4-7H,1H3. The molecule has 0 saturated heterocycles. The maximum absolute atomic E-state index is 14.3. The maximum Gasteiger partial charge on any atom is 0.432 e. The third kappa shape index (κ3) is 4.50. The van der Waals surface area contributed by atoms with Crippen molar-refractivity contribution in [3.63, 3.8) is 0 Å². The zero-order valence-corrected chi connectivity index (χ0v) is 16.4. The molecule has 0 radical (unpaired) electrons. The summed E-state index contributed by atoms with van der Waals surface area (Å²) in [5.41, 5.74) is -4.89. The first-order valence-electron chi connectivity index (χ1n) is 8.80. The third-order valence-corrected chi connectivity index (χ3v) is 4.26. The Kier molecular flexibility index (Phi) is 6.50. The van der Waals surface area contributed by atoms with Crippen LogP contribution in [0.25, 0.3) is 0 Å². The van der Waals surface area contributed by atoms with Gasteiger partial charge >= 0.3 is 6.11 Å². The largest absolute Gasteiger partial charge is 0.432 e. The molecule has 0 aliphatic carbocycles. The Balaban J connectivity index is 2.00. The molecule has 0 spiro atoms. The molecule has 0 bridgehead atoms. The number of alkyl halides is 2. The number of hydrogen-bond donors (Lipinski definition) is 0. The van der Waals surface area contributed by atoms with Crippen LogP contribution in [0.2, 0.25) is 0 Å². The Hall–Kier alpha value is -3.75. The lowest BCUT2D eigenvalue weighted by atomic mass is 10.1. The monoisotopic (exact) mass is 496 g/mol. The highest BCUT2D eigenvalue weighted by Crippen LogP contribution is 2.36. The van der Waals surface area contributed by atoms with Crippen LogP contribution in [0.3, 0.4) is 0 Å². The van der Waals surface area contributed by atoms with E-state index in [2.05, 4.69) is 4.74 Å². The zero-order chi connectivity index (χ0) is 25.5. The summed E-state index contributed by atoms with van der Waals surface area (Å²) in [6, 6.07) is 1.33. The average molecular weight is 496 g/mol. The van der Waals surface area contributed by atoms with Crippen molar-refractivity contribution < 1.29 is 53.0 Å². The molecule has 0 aliphatic rings. The van der Waals surface area contributed by atoms with E-state index >= 15 is 0 Å². The first kappa shape index (κ1) is 24.9. The maximum atomic E-state index is 14.3. The van der Waals surface area contributed by atoms with Crippen molar-refractivity contribution in [2.75, 3.05) is 0 Å². The van der Waals surface area contributed by atoms with Gasteiger partial charge in [-0.3, -0.25) is 0 Å². The zero-order valence-electron chi connectivity index (χ0n) is 16.4. The van der Waals surface area contributed by atoms with Crippen LogP contribution >= 0.6 is 0 Å². The Bertz CT molecular complexity index is 1290. The summed E-state index contributed by atoms with van der Waals surface area (Å²) in [7, 11) is 0. The van der Waals surface area contributed by atoms with Crippen LogP contribution in [0.5, 0.6) is 5.75 Å². The molecule has 0 aliphatic heterocycles. The smallest absolute Gasteiger partial charge is 0.429 e.